The number of amides is 2. The minimum Gasteiger partial charge on any atom is -0.356 e. The second-order valence-electron chi connectivity index (χ2n) is 5.14. The SMILES string of the molecule is CC(C)CNC(=O)CC(C)NC(=O)c1ccccc1. The van der Waals surface area contributed by atoms with E-state index in [1.165, 1.54) is 0 Å². The summed E-state index contributed by atoms with van der Waals surface area (Å²) in [6, 6.07) is 8.81. The van der Waals surface area contributed by atoms with Crippen molar-refractivity contribution in [2.24, 2.45) is 5.92 Å². The molecule has 4 nitrogen and oxygen atoms in total. The maximum atomic E-state index is 11.9. The van der Waals surface area contributed by atoms with Crippen molar-refractivity contribution in [1.29, 1.82) is 0 Å². The number of benzene rings is 1. The summed E-state index contributed by atoms with van der Waals surface area (Å²) in [5.41, 5.74) is 0.608. The topological polar surface area (TPSA) is 58.2 Å². The van der Waals surface area contributed by atoms with Crippen LogP contribution in [0.1, 0.15) is 37.6 Å². The first kappa shape index (κ1) is 15.2. The molecule has 2 amide bonds. The van der Waals surface area contributed by atoms with E-state index in [0.29, 0.717) is 24.4 Å². The van der Waals surface area contributed by atoms with Gasteiger partial charge in [-0.3, -0.25) is 9.59 Å². The zero-order valence-corrected chi connectivity index (χ0v) is 11.8. The summed E-state index contributed by atoms with van der Waals surface area (Å²) in [6.45, 7) is 6.58. The molecule has 1 aromatic rings. The summed E-state index contributed by atoms with van der Waals surface area (Å²) in [4.78, 5) is 23.5. The molecule has 19 heavy (non-hydrogen) atoms. The molecule has 0 heterocycles. The zero-order valence-electron chi connectivity index (χ0n) is 11.8. The second kappa shape index (κ2) is 7.56. The lowest BCUT2D eigenvalue weighted by molar-refractivity contribution is -0.121. The molecule has 0 aliphatic rings. The summed E-state index contributed by atoms with van der Waals surface area (Å²) in [5, 5.41) is 5.65. The molecule has 4 heteroatoms. The zero-order chi connectivity index (χ0) is 14.3. The minimum atomic E-state index is -0.181. The lowest BCUT2D eigenvalue weighted by Gasteiger charge is -2.14. The van der Waals surface area contributed by atoms with Crippen molar-refractivity contribution < 1.29 is 9.59 Å². The molecule has 0 spiro atoms. The van der Waals surface area contributed by atoms with Crippen molar-refractivity contribution in [3.63, 3.8) is 0 Å². The van der Waals surface area contributed by atoms with Gasteiger partial charge < -0.3 is 10.6 Å². The van der Waals surface area contributed by atoms with Crippen LogP contribution in [0, 0.1) is 5.92 Å². The average Bonchev–Trinajstić information content (AvgIpc) is 2.37. The van der Waals surface area contributed by atoms with Crippen molar-refractivity contribution >= 4 is 11.8 Å². The largest absolute Gasteiger partial charge is 0.356 e. The standard InChI is InChI=1S/C15H22N2O2/c1-11(2)10-16-14(18)9-12(3)17-15(19)13-7-5-4-6-8-13/h4-8,11-12H,9-10H2,1-3H3,(H,16,18)(H,17,19). The molecule has 2 N–H and O–H groups in total. The fourth-order valence-electron chi connectivity index (χ4n) is 1.62. The van der Waals surface area contributed by atoms with Gasteiger partial charge >= 0.3 is 0 Å². The maximum absolute atomic E-state index is 11.9. The number of carbonyl (C=O) groups is 2. The predicted octanol–water partition coefficient (Wildman–Crippen LogP) is 1.97. The Kier molecular flexibility index (Phi) is 6.06. The molecule has 0 bridgehead atoms. The average molecular weight is 262 g/mol. The van der Waals surface area contributed by atoms with Gasteiger partial charge in [-0.05, 0) is 25.0 Å². The van der Waals surface area contributed by atoms with Crippen LogP contribution in [-0.2, 0) is 4.79 Å². The third-order valence-electron chi connectivity index (χ3n) is 2.61. The van der Waals surface area contributed by atoms with Gasteiger partial charge in [0.2, 0.25) is 5.91 Å². The number of hydrogen-bond acceptors (Lipinski definition) is 2. The van der Waals surface area contributed by atoms with E-state index in [-0.39, 0.29) is 17.9 Å². The number of hydrogen-bond donors (Lipinski definition) is 2. The van der Waals surface area contributed by atoms with Crippen LogP contribution in [0.2, 0.25) is 0 Å². The smallest absolute Gasteiger partial charge is 0.251 e. The Morgan fingerprint density at radius 3 is 2.32 bits per heavy atom. The van der Waals surface area contributed by atoms with Crippen molar-refractivity contribution in [1.82, 2.24) is 10.6 Å². The van der Waals surface area contributed by atoms with Crippen LogP contribution in [0.3, 0.4) is 0 Å². The molecule has 1 rings (SSSR count). The molecule has 0 fully saturated rings. The molecule has 0 saturated carbocycles. The van der Waals surface area contributed by atoms with Gasteiger partial charge in [0, 0.05) is 24.6 Å². The molecule has 0 saturated heterocycles. The first-order valence-corrected chi connectivity index (χ1v) is 6.61. The minimum absolute atomic E-state index is 0.0328. The van der Waals surface area contributed by atoms with Crippen molar-refractivity contribution in [2.45, 2.75) is 33.2 Å². The van der Waals surface area contributed by atoms with Crippen LogP contribution in [0.25, 0.3) is 0 Å². The van der Waals surface area contributed by atoms with E-state index < -0.39 is 0 Å². The van der Waals surface area contributed by atoms with Gasteiger partial charge in [-0.1, -0.05) is 32.0 Å². The summed E-state index contributed by atoms with van der Waals surface area (Å²) < 4.78 is 0. The highest BCUT2D eigenvalue weighted by Crippen LogP contribution is 2.00. The van der Waals surface area contributed by atoms with E-state index in [4.69, 9.17) is 0 Å². The second-order valence-corrected chi connectivity index (χ2v) is 5.14. The van der Waals surface area contributed by atoms with Crippen LogP contribution < -0.4 is 10.6 Å². The van der Waals surface area contributed by atoms with Crippen molar-refractivity contribution in [3.8, 4) is 0 Å². The molecular weight excluding hydrogens is 240 g/mol. The van der Waals surface area contributed by atoms with E-state index >= 15 is 0 Å². The summed E-state index contributed by atoms with van der Waals surface area (Å²) in [6.07, 6.45) is 0.297. The molecular formula is C15H22N2O2. The Morgan fingerprint density at radius 2 is 1.74 bits per heavy atom. The first-order chi connectivity index (χ1) is 8.99. The molecule has 104 valence electrons. The highest BCUT2D eigenvalue weighted by Gasteiger charge is 2.12. The van der Waals surface area contributed by atoms with Crippen molar-refractivity contribution in [3.05, 3.63) is 35.9 Å². The van der Waals surface area contributed by atoms with Crippen LogP contribution in [0.4, 0.5) is 0 Å². The highest BCUT2D eigenvalue weighted by molar-refractivity contribution is 5.94. The van der Waals surface area contributed by atoms with Gasteiger partial charge in [-0.2, -0.15) is 0 Å². The van der Waals surface area contributed by atoms with Crippen LogP contribution >= 0.6 is 0 Å². The Balaban J connectivity index is 2.37. The van der Waals surface area contributed by atoms with Gasteiger partial charge in [0.1, 0.15) is 0 Å². The van der Waals surface area contributed by atoms with E-state index in [9.17, 15) is 9.59 Å². The van der Waals surface area contributed by atoms with E-state index in [1.54, 1.807) is 12.1 Å². The number of carbonyl (C=O) groups excluding carboxylic acids is 2. The summed E-state index contributed by atoms with van der Waals surface area (Å²) >= 11 is 0. The van der Waals surface area contributed by atoms with E-state index in [1.807, 2.05) is 39.0 Å². The van der Waals surface area contributed by atoms with Gasteiger partial charge in [-0.25, -0.2) is 0 Å². The Morgan fingerprint density at radius 1 is 1.11 bits per heavy atom. The number of rotatable bonds is 6. The van der Waals surface area contributed by atoms with E-state index in [0.717, 1.165) is 0 Å². The van der Waals surface area contributed by atoms with Crippen LogP contribution in [0.5, 0.6) is 0 Å². The maximum Gasteiger partial charge on any atom is 0.251 e. The Bertz CT molecular complexity index is 415. The Labute approximate surface area is 114 Å². The van der Waals surface area contributed by atoms with Gasteiger partial charge in [0.05, 0.1) is 0 Å². The lowest BCUT2D eigenvalue weighted by Crippen LogP contribution is -2.38. The van der Waals surface area contributed by atoms with Crippen LogP contribution in [0.15, 0.2) is 30.3 Å². The third kappa shape index (κ3) is 6.04. The molecule has 0 aliphatic carbocycles. The molecule has 0 aromatic heterocycles. The fourth-order valence-corrected chi connectivity index (χ4v) is 1.62. The third-order valence-corrected chi connectivity index (χ3v) is 2.61. The quantitative estimate of drug-likeness (QED) is 0.823. The molecule has 1 unspecified atom stereocenters. The summed E-state index contributed by atoms with van der Waals surface area (Å²) in [7, 11) is 0. The van der Waals surface area contributed by atoms with Crippen molar-refractivity contribution in [2.75, 3.05) is 6.54 Å². The molecule has 0 radical (unpaired) electrons. The predicted molar refractivity (Wildman–Crippen MR) is 75.8 cm³/mol. The summed E-state index contributed by atoms with van der Waals surface area (Å²) in [5.74, 6) is 0.248. The molecule has 1 aromatic carbocycles. The normalized spacial score (nSPS) is 12.0. The van der Waals surface area contributed by atoms with Gasteiger partial charge in [0.15, 0.2) is 0 Å². The highest BCUT2D eigenvalue weighted by atomic mass is 16.2. The monoisotopic (exact) mass is 262 g/mol. The Hall–Kier alpha value is -1.84. The first-order valence-electron chi connectivity index (χ1n) is 6.61. The molecule has 1 atom stereocenters. The lowest BCUT2D eigenvalue weighted by atomic mass is 10.1. The van der Waals surface area contributed by atoms with Gasteiger partial charge in [0.25, 0.3) is 5.91 Å². The number of nitrogens with one attached hydrogen (secondary N) is 2. The fraction of sp³-hybridized carbons (Fsp3) is 0.467. The molecule has 0 aliphatic heterocycles. The van der Waals surface area contributed by atoms with Gasteiger partial charge in [-0.15, -0.1) is 0 Å². The van der Waals surface area contributed by atoms with E-state index in [2.05, 4.69) is 10.6 Å². The van der Waals surface area contributed by atoms with Crippen LogP contribution in [-0.4, -0.2) is 24.4 Å².